The Morgan fingerprint density at radius 3 is 2.82 bits per heavy atom. The first kappa shape index (κ1) is 12.3. The van der Waals surface area contributed by atoms with Gasteiger partial charge in [-0.1, -0.05) is 31.2 Å². The van der Waals surface area contributed by atoms with Crippen molar-refractivity contribution in [3.8, 4) is 0 Å². The summed E-state index contributed by atoms with van der Waals surface area (Å²) in [4.78, 5) is 0. The van der Waals surface area contributed by atoms with Crippen LogP contribution >= 0.6 is 0 Å². The molecule has 0 aliphatic carbocycles. The molecule has 2 rings (SSSR count). The highest BCUT2D eigenvalue weighted by molar-refractivity contribution is 5.34. The molecule has 1 fully saturated rings. The number of halogens is 1. The second kappa shape index (κ2) is 4.59. The maximum Gasteiger partial charge on any atom is 0.127 e. The minimum atomic E-state index is -0.543. The normalized spacial score (nSPS) is 32.6. The van der Waals surface area contributed by atoms with Crippen LogP contribution in [0.3, 0.4) is 0 Å². The van der Waals surface area contributed by atoms with Gasteiger partial charge in [-0.25, -0.2) is 4.39 Å². The Morgan fingerprint density at radius 1 is 1.59 bits per heavy atom. The van der Waals surface area contributed by atoms with E-state index in [1.807, 2.05) is 13.0 Å². The zero-order chi connectivity index (χ0) is 12.5. The highest BCUT2D eigenvalue weighted by Gasteiger charge is 2.47. The number of aliphatic hydroxyl groups is 1. The van der Waals surface area contributed by atoms with E-state index < -0.39 is 5.41 Å². The maximum absolute atomic E-state index is 13.9. The van der Waals surface area contributed by atoms with Crippen LogP contribution < -0.4 is 0 Å². The molecule has 1 aliphatic heterocycles. The third-order valence-electron chi connectivity index (χ3n) is 3.83. The van der Waals surface area contributed by atoms with E-state index >= 15 is 0 Å². The molecule has 0 amide bonds. The summed E-state index contributed by atoms with van der Waals surface area (Å²) in [6.45, 7) is 6.10. The minimum absolute atomic E-state index is 0.00176. The zero-order valence-electron chi connectivity index (χ0n) is 9.90. The van der Waals surface area contributed by atoms with Gasteiger partial charge in [-0.05, 0) is 12.0 Å². The van der Waals surface area contributed by atoms with Crippen LogP contribution in [0.15, 0.2) is 36.9 Å². The van der Waals surface area contributed by atoms with E-state index in [9.17, 15) is 9.50 Å². The Labute approximate surface area is 101 Å². The first-order valence-corrected chi connectivity index (χ1v) is 5.77. The van der Waals surface area contributed by atoms with E-state index in [-0.39, 0.29) is 24.4 Å². The molecule has 3 atom stereocenters. The maximum atomic E-state index is 13.9. The van der Waals surface area contributed by atoms with Crippen molar-refractivity contribution in [1.82, 2.24) is 0 Å². The van der Waals surface area contributed by atoms with Crippen molar-refractivity contribution in [1.29, 1.82) is 0 Å². The van der Waals surface area contributed by atoms with Gasteiger partial charge in [0.2, 0.25) is 0 Å². The molecule has 92 valence electrons. The third-order valence-corrected chi connectivity index (χ3v) is 3.83. The Hall–Kier alpha value is -1.19. The molecular weight excluding hydrogens is 219 g/mol. The monoisotopic (exact) mass is 236 g/mol. The van der Waals surface area contributed by atoms with E-state index in [0.717, 1.165) is 0 Å². The van der Waals surface area contributed by atoms with Crippen LogP contribution in [0.25, 0.3) is 0 Å². The van der Waals surface area contributed by atoms with Crippen molar-refractivity contribution in [3.63, 3.8) is 0 Å². The SMILES string of the molecule is C=C[C@@]1(c2ccccc2F)COC(CO)[C@H]1C. The van der Waals surface area contributed by atoms with Gasteiger partial charge >= 0.3 is 0 Å². The van der Waals surface area contributed by atoms with E-state index in [0.29, 0.717) is 12.2 Å². The smallest absolute Gasteiger partial charge is 0.127 e. The topological polar surface area (TPSA) is 29.5 Å². The summed E-state index contributed by atoms with van der Waals surface area (Å²) in [7, 11) is 0. The Balaban J connectivity index is 2.46. The number of ether oxygens (including phenoxy) is 1. The van der Waals surface area contributed by atoms with Crippen molar-refractivity contribution in [3.05, 3.63) is 48.3 Å². The van der Waals surface area contributed by atoms with Gasteiger partial charge in [0.25, 0.3) is 0 Å². The highest BCUT2D eigenvalue weighted by Crippen LogP contribution is 2.43. The Kier molecular flexibility index (Phi) is 3.31. The molecule has 0 spiro atoms. The van der Waals surface area contributed by atoms with Gasteiger partial charge in [-0.15, -0.1) is 6.58 Å². The molecule has 1 aliphatic rings. The van der Waals surface area contributed by atoms with Gasteiger partial charge in [0, 0.05) is 11.0 Å². The Bertz CT molecular complexity index is 418. The van der Waals surface area contributed by atoms with Crippen LogP contribution in [-0.2, 0) is 10.2 Å². The molecule has 1 N–H and O–H groups in total. The Morgan fingerprint density at radius 2 is 2.29 bits per heavy atom. The summed E-state index contributed by atoms with van der Waals surface area (Å²) in [6.07, 6.45) is 1.48. The quantitative estimate of drug-likeness (QED) is 0.816. The molecular formula is C14H17FO2. The first-order valence-electron chi connectivity index (χ1n) is 5.77. The summed E-state index contributed by atoms with van der Waals surface area (Å²) < 4.78 is 19.5. The summed E-state index contributed by atoms with van der Waals surface area (Å²) in [5.74, 6) is -0.247. The van der Waals surface area contributed by atoms with Gasteiger partial charge in [0.05, 0.1) is 19.3 Å². The van der Waals surface area contributed by atoms with E-state index in [4.69, 9.17) is 4.74 Å². The van der Waals surface area contributed by atoms with Crippen molar-refractivity contribution in [2.75, 3.05) is 13.2 Å². The van der Waals surface area contributed by atoms with Crippen LogP contribution in [0.4, 0.5) is 4.39 Å². The van der Waals surface area contributed by atoms with Crippen LogP contribution in [0.1, 0.15) is 12.5 Å². The summed E-state index contributed by atoms with van der Waals surface area (Å²) in [5.41, 5.74) is 0.0529. The lowest BCUT2D eigenvalue weighted by molar-refractivity contribution is 0.0429. The summed E-state index contributed by atoms with van der Waals surface area (Å²) >= 11 is 0. The molecule has 1 saturated heterocycles. The van der Waals surface area contributed by atoms with Crippen LogP contribution in [0.5, 0.6) is 0 Å². The van der Waals surface area contributed by atoms with Crippen LogP contribution in [-0.4, -0.2) is 24.4 Å². The number of benzene rings is 1. The summed E-state index contributed by atoms with van der Waals surface area (Å²) in [5, 5.41) is 9.23. The standard InChI is InChI=1S/C14H17FO2/c1-3-14(9-17-13(8-16)10(14)2)11-6-4-5-7-12(11)15/h3-7,10,13,16H,1,8-9H2,2H3/t10-,13?,14-/m1/s1. The molecule has 0 bridgehead atoms. The number of hydrogen-bond donors (Lipinski definition) is 1. The lowest BCUT2D eigenvalue weighted by Gasteiger charge is -2.30. The van der Waals surface area contributed by atoms with Crippen LogP contribution in [0.2, 0.25) is 0 Å². The lowest BCUT2D eigenvalue weighted by Crippen LogP contribution is -2.34. The molecule has 0 radical (unpaired) electrons. The van der Waals surface area contributed by atoms with E-state index in [2.05, 4.69) is 6.58 Å². The second-order valence-electron chi connectivity index (χ2n) is 4.55. The van der Waals surface area contributed by atoms with Gasteiger partial charge in [-0.3, -0.25) is 0 Å². The molecule has 0 saturated carbocycles. The molecule has 1 unspecified atom stereocenters. The predicted octanol–water partition coefficient (Wildman–Crippen LogP) is 2.28. The van der Waals surface area contributed by atoms with Crippen molar-refractivity contribution >= 4 is 0 Å². The lowest BCUT2D eigenvalue weighted by atomic mass is 9.71. The molecule has 1 aromatic rings. The molecule has 1 aromatic carbocycles. The first-order chi connectivity index (χ1) is 8.15. The highest BCUT2D eigenvalue weighted by atomic mass is 19.1. The molecule has 0 aromatic heterocycles. The third kappa shape index (κ3) is 1.79. The fourth-order valence-electron chi connectivity index (χ4n) is 2.58. The van der Waals surface area contributed by atoms with Crippen molar-refractivity contribution in [2.24, 2.45) is 5.92 Å². The predicted molar refractivity (Wildman–Crippen MR) is 64.3 cm³/mol. The molecule has 3 heteroatoms. The van der Waals surface area contributed by atoms with Crippen LogP contribution in [0, 0.1) is 11.7 Å². The average Bonchev–Trinajstić information content (AvgIpc) is 2.67. The minimum Gasteiger partial charge on any atom is -0.394 e. The fraction of sp³-hybridized carbons (Fsp3) is 0.429. The molecule has 17 heavy (non-hydrogen) atoms. The van der Waals surface area contributed by atoms with Crippen molar-refractivity contribution in [2.45, 2.75) is 18.4 Å². The van der Waals surface area contributed by atoms with E-state index in [1.54, 1.807) is 18.2 Å². The van der Waals surface area contributed by atoms with Gasteiger partial charge in [0.1, 0.15) is 5.82 Å². The number of aliphatic hydroxyl groups excluding tert-OH is 1. The molecule has 2 nitrogen and oxygen atoms in total. The fourth-order valence-corrected chi connectivity index (χ4v) is 2.58. The largest absolute Gasteiger partial charge is 0.394 e. The average molecular weight is 236 g/mol. The van der Waals surface area contributed by atoms with Gasteiger partial charge in [-0.2, -0.15) is 0 Å². The van der Waals surface area contributed by atoms with Crippen molar-refractivity contribution < 1.29 is 14.2 Å². The number of hydrogen-bond acceptors (Lipinski definition) is 2. The molecule has 1 heterocycles. The number of rotatable bonds is 3. The van der Waals surface area contributed by atoms with E-state index in [1.165, 1.54) is 6.07 Å². The summed E-state index contributed by atoms with van der Waals surface area (Å²) in [6, 6.07) is 6.68. The van der Waals surface area contributed by atoms with Gasteiger partial charge < -0.3 is 9.84 Å². The van der Waals surface area contributed by atoms with Gasteiger partial charge in [0.15, 0.2) is 0 Å². The second-order valence-corrected chi connectivity index (χ2v) is 4.55. The zero-order valence-corrected chi connectivity index (χ0v) is 9.90.